The van der Waals surface area contributed by atoms with Crippen molar-refractivity contribution in [3.05, 3.63) is 107 Å². The minimum atomic E-state index is -0.688. The maximum atomic E-state index is 13.0. The molecule has 0 unspecified atom stereocenters. The maximum absolute atomic E-state index is 13.0. The maximum Gasteiger partial charge on any atom is 0.413 e. The van der Waals surface area contributed by atoms with Crippen molar-refractivity contribution in [3.8, 4) is 0 Å². The lowest BCUT2D eigenvalue weighted by Gasteiger charge is -2.29. The van der Waals surface area contributed by atoms with Gasteiger partial charge in [-0.05, 0) is 66.7 Å². The average molecular weight is 582 g/mol. The quantitative estimate of drug-likeness (QED) is 0.167. The van der Waals surface area contributed by atoms with E-state index in [1.807, 2.05) is 54.6 Å². The van der Waals surface area contributed by atoms with Crippen LogP contribution in [0.1, 0.15) is 92.5 Å². The topological polar surface area (TPSA) is 108 Å². The second-order valence-corrected chi connectivity index (χ2v) is 11.8. The molecule has 2 amide bonds. The molecule has 0 aromatic heterocycles. The Hall–Kier alpha value is -4.26. The van der Waals surface area contributed by atoms with Crippen molar-refractivity contribution in [1.82, 2.24) is 10.6 Å². The number of aryl methyl sites for hydroxylation is 1. The standard InChI is InChI=1S/C36H43N3O4/c1-24(2)28-17-14-27(15-18-28)23-43-36(42)39-34(37)30-19-12-26(13-20-30)16-21-33(40)25(3)38-35(41)32-11-7-10-31(22-32)29-8-5-4-6-9-29/h4-6,8-9,12-15,17-20,24-25,31-32H,7,10-11,16,21-23H2,1-3H3,(H,38,41)(H2,37,39,42)/t25-,31-,32+/m0/s1. The number of amidine groups is 1. The van der Waals surface area contributed by atoms with Gasteiger partial charge in [-0.25, -0.2) is 4.79 Å². The lowest BCUT2D eigenvalue weighted by molar-refractivity contribution is -0.130. The molecule has 1 aliphatic rings. The first-order valence-corrected chi connectivity index (χ1v) is 15.3. The van der Waals surface area contributed by atoms with Crippen LogP contribution in [0, 0.1) is 11.3 Å². The van der Waals surface area contributed by atoms with Crippen LogP contribution >= 0.6 is 0 Å². The van der Waals surface area contributed by atoms with Crippen LogP contribution in [0.15, 0.2) is 78.9 Å². The minimum Gasteiger partial charge on any atom is -0.444 e. The second-order valence-electron chi connectivity index (χ2n) is 11.8. The number of carbonyl (C=O) groups excluding carboxylic acids is 3. The van der Waals surface area contributed by atoms with Crippen LogP contribution in [0.4, 0.5) is 4.79 Å². The molecular formula is C36H43N3O4. The van der Waals surface area contributed by atoms with Gasteiger partial charge in [-0.2, -0.15) is 0 Å². The van der Waals surface area contributed by atoms with Crippen molar-refractivity contribution < 1.29 is 19.1 Å². The van der Waals surface area contributed by atoms with Crippen molar-refractivity contribution in [3.63, 3.8) is 0 Å². The molecule has 226 valence electrons. The highest BCUT2D eigenvalue weighted by molar-refractivity contribution is 6.04. The molecule has 3 aromatic rings. The molecule has 0 bridgehead atoms. The number of Topliss-reactive ketones (excluding diaryl/α,β-unsaturated/α-hetero) is 1. The number of benzene rings is 3. The van der Waals surface area contributed by atoms with E-state index in [9.17, 15) is 14.4 Å². The number of hydrogen-bond acceptors (Lipinski definition) is 5. The second kappa shape index (κ2) is 15.3. The third kappa shape index (κ3) is 9.37. The minimum absolute atomic E-state index is 0.0103. The van der Waals surface area contributed by atoms with Crippen molar-refractivity contribution in [2.75, 3.05) is 0 Å². The zero-order chi connectivity index (χ0) is 30.8. The molecule has 3 atom stereocenters. The lowest BCUT2D eigenvalue weighted by Crippen LogP contribution is -2.42. The predicted molar refractivity (Wildman–Crippen MR) is 169 cm³/mol. The number of carbonyl (C=O) groups is 3. The third-order valence-corrected chi connectivity index (χ3v) is 8.30. The van der Waals surface area contributed by atoms with E-state index in [0.29, 0.717) is 30.2 Å². The summed E-state index contributed by atoms with van der Waals surface area (Å²) in [5.41, 5.74) is 4.86. The van der Waals surface area contributed by atoms with Gasteiger partial charge in [0.2, 0.25) is 5.91 Å². The molecule has 0 spiro atoms. The number of amides is 2. The molecule has 3 aromatic carbocycles. The molecule has 0 saturated heterocycles. The van der Waals surface area contributed by atoms with Gasteiger partial charge >= 0.3 is 6.09 Å². The zero-order valence-electron chi connectivity index (χ0n) is 25.4. The first-order valence-electron chi connectivity index (χ1n) is 15.3. The molecule has 7 heteroatoms. The fourth-order valence-corrected chi connectivity index (χ4v) is 5.55. The fourth-order valence-electron chi connectivity index (χ4n) is 5.55. The largest absolute Gasteiger partial charge is 0.444 e. The van der Waals surface area contributed by atoms with Crippen molar-refractivity contribution in [2.45, 2.75) is 83.8 Å². The molecule has 1 aliphatic carbocycles. The van der Waals surface area contributed by atoms with Crippen LogP contribution < -0.4 is 10.6 Å². The van der Waals surface area contributed by atoms with Crippen LogP contribution in [0.2, 0.25) is 0 Å². The van der Waals surface area contributed by atoms with E-state index in [4.69, 9.17) is 10.1 Å². The Balaban J connectivity index is 1.18. The molecule has 0 aliphatic heterocycles. The highest BCUT2D eigenvalue weighted by atomic mass is 16.5. The Morgan fingerprint density at radius 2 is 1.56 bits per heavy atom. The number of hydrogen-bond donors (Lipinski definition) is 3. The molecule has 43 heavy (non-hydrogen) atoms. The Labute approximate surface area is 254 Å². The van der Waals surface area contributed by atoms with Gasteiger partial charge in [-0.3, -0.25) is 20.3 Å². The summed E-state index contributed by atoms with van der Waals surface area (Å²) in [5.74, 6) is 0.649. The van der Waals surface area contributed by atoms with E-state index < -0.39 is 12.1 Å². The SMILES string of the molecule is CC(C)c1ccc(COC(=O)NC(=N)c2ccc(CCC(=O)[C@H](C)NC(=O)[C@@H]3CCC[C@H](c4ccccc4)C3)cc2)cc1. The van der Waals surface area contributed by atoms with Gasteiger partial charge < -0.3 is 10.1 Å². The number of nitrogens with one attached hydrogen (secondary N) is 3. The summed E-state index contributed by atoms with van der Waals surface area (Å²) in [4.78, 5) is 38.0. The third-order valence-electron chi connectivity index (χ3n) is 8.30. The van der Waals surface area contributed by atoms with E-state index in [-0.39, 0.29) is 30.1 Å². The summed E-state index contributed by atoms with van der Waals surface area (Å²) in [5, 5.41) is 13.6. The predicted octanol–water partition coefficient (Wildman–Crippen LogP) is 7.04. The number of alkyl carbamates (subject to hydrolysis) is 1. The first-order chi connectivity index (χ1) is 20.7. The first kappa shape index (κ1) is 31.7. The normalized spacial score (nSPS) is 17.1. The Morgan fingerprint density at radius 1 is 0.884 bits per heavy atom. The summed E-state index contributed by atoms with van der Waals surface area (Å²) in [6, 6.07) is 24.9. The molecule has 1 fully saturated rings. The molecule has 1 saturated carbocycles. The van der Waals surface area contributed by atoms with E-state index in [2.05, 4.69) is 36.6 Å². The van der Waals surface area contributed by atoms with Gasteiger partial charge in [0.05, 0.1) is 6.04 Å². The monoisotopic (exact) mass is 581 g/mol. The van der Waals surface area contributed by atoms with Crippen LogP contribution in [-0.4, -0.2) is 29.7 Å². The van der Waals surface area contributed by atoms with Gasteiger partial charge in [0.25, 0.3) is 0 Å². The molecule has 3 N–H and O–H groups in total. The number of ether oxygens (including phenoxy) is 1. The fraction of sp³-hybridized carbons (Fsp3) is 0.389. The molecule has 0 radical (unpaired) electrons. The zero-order valence-corrected chi connectivity index (χ0v) is 25.4. The Morgan fingerprint density at radius 3 is 2.23 bits per heavy atom. The number of ketones is 1. The van der Waals surface area contributed by atoms with E-state index >= 15 is 0 Å². The summed E-state index contributed by atoms with van der Waals surface area (Å²) in [6.45, 7) is 6.13. The Bertz CT molecular complexity index is 1380. The van der Waals surface area contributed by atoms with Crippen molar-refractivity contribution in [2.24, 2.45) is 5.92 Å². The summed E-state index contributed by atoms with van der Waals surface area (Å²) in [7, 11) is 0. The summed E-state index contributed by atoms with van der Waals surface area (Å²) < 4.78 is 5.26. The molecule has 7 nitrogen and oxygen atoms in total. The van der Waals surface area contributed by atoms with Crippen molar-refractivity contribution >= 4 is 23.6 Å². The van der Waals surface area contributed by atoms with Crippen LogP contribution in [0.3, 0.4) is 0 Å². The van der Waals surface area contributed by atoms with E-state index in [1.165, 1.54) is 11.1 Å². The highest BCUT2D eigenvalue weighted by Gasteiger charge is 2.29. The highest BCUT2D eigenvalue weighted by Crippen LogP contribution is 2.36. The summed E-state index contributed by atoms with van der Waals surface area (Å²) >= 11 is 0. The number of rotatable bonds is 11. The van der Waals surface area contributed by atoms with E-state index in [0.717, 1.165) is 36.8 Å². The van der Waals surface area contributed by atoms with Crippen molar-refractivity contribution in [1.29, 1.82) is 5.41 Å². The van der Waals surface area contributed by atoms with Crippen LogP contribution in [0.5, 0.6) is 0 Å². The average Bonchev–Trinajstić information content (AvgIpc) is 3.03. The van der Waals surface area contributed by atoms with Gasteiger partial charge in [0.1, 0.15) is 12.4 Å². The summed E-state index contributed by atoms with van der Waals surface area (Å²) in [6.07, 6.45) is 3.92. The molecule has 0 heterocycles. The lowest BCUT2D eigenvalue weighted by atomic mass is 9.77. The van der Waals surface area contributed by atoms with Crippen LogP contribution in [-0.2, 0) is 27.4 Å². The van der Waals surface area contributed by atoms with Gasteiger partial charge in [0, 0.05) is 17.9 Å². The van der Waals surface area contributed by atoms with Gasteiger partial charge in [-0.15, -0.1) is 0 Å². The smallest absolute Gasteiger partial charge is 0.413 e. The van der Waals surface area contributed by atoms with Crippen LogP contribution in [0.25, 0.3) is 0 Å². The molecular weight excluding hydrogens is 538 g/mol. The Kier molecular flexibility index (Phi) is 11.3. The van der Waals surface area contributed by atoms with Gasteiger partial charge in [-0.1, -0.05) is 99.1 Å². The van der Waals surface area contributed by atoms with E-state index in [1.54, 1.807) is 19.1 Å². The molecule has 4 rings (SSSR count). The van der Waals surface area contributed by atoms with Gasteiger partial charge in [0.15, 0.2) is 5.78 Å².